The van der Waals surface area contributed by atoms with E-state index in [1.54, 1.807) is 0 Å². The second kappa shape index (κ2) is 4.59. The van der Waals surface area contributed by atoms with Gasteiger partial charge in [-0.1, -0.05) is 0 Å². The van der Waals surface area contributed by atoms with Gasteiger partial charge in [-0.15, -0.1) is 0 Å². The Morgan fingerprint density at radius 3 is 2.62 bits per heavy atom. The first-order valence-corrected chi connectivity index (χ1v) is 2.72. The number of allylic oxidation sites excluding steroid dienone is 3. The molecule has 0 heterocycles. The Bertz CT molecular complexity index is 126. The van der Waals surface area contributed by atoms with Crippen LogP contribution in [0.5, 0.6) is 0 Å². The van der Waals surface area contributed by atoms with Crippen molar-refractivity contribution in [3.8, 4) is 0 Å². The molecule has 0 rings (SSSR count). The van der Waals surface area contributed by atoms with Gasteiger partial charge in [0.25, 0.3) is 0 Å². The SMILES string of the molecule is O=CC=CC(Br)=CO. The highest BCUT2D eigenvalue weighted by Crippen LogP contribution is 2.02. The molecule has 0 saturated heterocycles. The first-order valence-electron chi connectivity index (χ1n) is 1.93. The van der Waals surface area contributed by atoms with Crippen LogP contribution in [0.2, 0.25) is 0 Å². The minimum absolute atomic E-state index is 0.476. The van der Waals surface area contributed by atoms with E-state index < -0.39 is 0 Å². The van der Waals surface area contributed by atoms with Crippen molar-refractivity contribution in [2.75, 3.05) is 0 Å². The Morgan fingerprint density at radius 1 is 1.62 bits per heavy atom. The quantitative estimate of drug-likeness (QED) is 0.300. The van der Waals surface area contributed by atoms with Crippen LogP contribution < -0.4 is 0 Å². The topological polar surface area (TPSA) is 37.3 Å². The van der Waals surface area contributed by atoms with Crippen LogP contribution in [0.25, 0.3) is 0 Å². The van der Waals surface area contributed by atoms with Crippen molar-refractivity contribution in [2.45, 2.75) is 0 Å². The molecule has 0 bridgehead atoms. The van der Waals surface area contributed by atoms with Crippen LogP contribution >= 0.6 is 15.9 Å². The van der Waals surface area contributed by atoms with E-state index in [0.717, 1.165) is 6.26 Å². The molecule has 2 nitrogen and oxygen atoms in total. The lowest BCUT2D eigenvalue weighted by Crippen LogP contribution is -1.62. The van der Waals surface area contributed by atoms with E-state index in [1.807, 2.05) is 0 Å². The van der Waals surface area contributed by atoms with Gasteiger partial charge in [0.15, 0.2) is 0 Å². The Labute approximate surface area is 55.6 Å². The predicted octanol–water partition coefficient (Wildman–Crippen LogP) is 1.54. The van der Waals surface area contributed by atoms with E-state index in [1.165, 1.54) is 12.2 Å². The maximum atomic E-state index is 9.61. The standard InChI is InChI=1S/C5H5BrO2/c6-5(4-8)2-1-3-7/h1-4,8H. The average molecular weight is 177 g/mol. The molecule has 0 amide bonds. The van der Waals surface area contributed by atoms with Crippen LogP contribution in [0, 0.1) is 0 Å². The minimum atomic E-state index is 0.476. The molecule has 0 aliphatic heterocycles. The number of hydrogen-bond donors (Lipinski definition) is 1. The van der Waals surface area contributed by atoms with Gasteiger partial charge in [0.2, 0.25) is 0 Å². The maximum absolute atomic E-state index is 9.61. The van der Waals surface area contributed by atoms with Crippen molar-refractivity contribution in [3.05, 3.63) is 22.9 Å². The summed E-state index contributed by atoms with van der Waals surface area (Å²) in [4.78, 5) is 9.61. The van der Waals surface area contributed by atoms with E-state index >= 15 is 0 Å². The van der Waals surface area contributed by atoms with Gasteiger partial charge in [-0.2, -0.15) is 0 Å². The normalized spacial score (nSPS) is 12.4. The van der Waals surface area contributed by atoms with Gasteiger partial charge in [0.1, 0.15) is 6.29 Å². The van der Waals surface area contributed by atoms with Gasteiger partial charge in [0, 0.05) is 0 Å². The van der Waals surface area contributed by atoms with Gasteiger partial charge in [-0.05, 0) is 28.1 Å². The number of halogens is 1. The molecule has 0 atom stereocenters. The summed E-state index contributed by atoms with van der Waals surface area (Å²) in [7, 11) is 0. The lowest BCUT2D eigenvalue weighted by atomic mass is 10.5. The second-order valence-electron chi connectivity index (χ2n) is 1.01. The summed E-state index contributed by atoms with van der Waals surface area (Å²) in [5.41, 5.74) is 0. The van der Waals surface area contributed by atoms with Crippen molar-refractivity contribution in [1.29, 1.82) is 0 Å². The fourth-order valence-electron chi connectivity index (χ4n) is 0.174. The van der Waals surface area contributed by atoms with E-state index in [-0.39, 0.29) is 0 Å². The molecule has 1 N–H and O–H groups in total. The van der Waals surface area contributed by atoms with Crippen molar-refractivity contribution in [3.63, 3.8) is 0 Å². The first kappa shape index (κ1) is 7.43. The highest BCUT2D eigenvalue weighted by molar-refractivity contribution is 9.11. The highest BCUT2D eigenvalue weighted by atomic mass is 79.9. The summed E-state index contributed by atoms with van der Waals surface area (Å²) in [5.74, 6) is 0. The van der Waals surface area contributed by atoms with Gasteiger partial charge in [-0.3, -0.25) is 4.79 Å². The summed E-state index contributed by atoms with van der Waals surface area (Å²) in [6, 6.07) is 0. The van der Waals surface area contributed by atoms with Crippen molar-refractivity contribution < 1.29 is 9.90 Å². The van der Waals surface area contributed by atoms with Crippen molar-refractivity contribution >= 4 is 22.2 Å². The molecular weight excluding hydrogens is 172 g/mol. The summed E-state index contributed by atoms with van der Waals surface area (Å²) in [6.07, 6.45) is 4.20. The van der Waals surface area contributed by atoms with Crippen LogP contribution in [0.15, 0.2) is 22.9 Å². The third-order valence-corrected chi connectivity index (χ3v) is 0.926. The molecule has 0 aromatic carbocycles. The predicted molar refractivity (Wildman–Crippen MR) is 34.8 cm³/mol. The molecule has 0 aromatic rings. The second-order valence-corrected chi connectivity index (χ2v) is 1.92. The Kier molecular flexibility index (Phi) is 4.26. The van der Waals surface area contributed by atoms with Gasteiger partial charge in [0.05, 0.1) is 10.7 Å². The zero-order valence-corrected chi connectivity index (χ0v) is 5.63. The number of hydrogen-bond acceptors (Lipinski definition) is 2. The number of aldehydes is 1. The summed E-state index contributed by atoms with van der Waals surface area (Å²) < 4.78 is 0.476. The fourth-order valence-corrected chi connectivity index (χ4v) is 0.327. The summed E-state index contributed by atoms with van der Waals surface area (Å²) in [6.45, 7) is 0. The molecule has 0 aliphatic carbocycles. The Hall–Kier alpha value is -0.570. The minimum Gasteiger partial charge on any atom is -0.514 e. The highest BCUT2D eigenvalue weighted by Gasteiger charge is 1.77. The molecule has 8 heavy (non-hydrogen) atoms. The molecule has 44 valence electrons. The number of carbonyl (C=O) groups is 1. The molecule has 0 fully saturated rings. The number of aliphatic hydroxyl groups excluding tert-OH is 1. The zero-order chi connectivity index (χ0) is 6.41. The van der Waals surface area contributed by atoms with Crippen LogP contribution in [0.1, 0.15) is 0 Å². The molecule has 0 radical (unpaired) electrons. The van der Waals surface area contributed by atoms with Crippen LogP contribution in [-0.2, 0) is 4.79 Å². The monoisotopic (exact) mass is 176 g/mol. The third-order valence-electron chi connectivity index (χ3n) is 0.457. The molecule has 0 aromatic heterocycles. The molecule has 0 saturated carbocycles. The molecule has 0 aliphatic rings. The average Bonchev–Trinajstić information content (AvgIpc) is 1.83. The molecular formula is C5H5BrO2. The van der Waals surface area contributed by atoms with Crippen LogP contribution in [0.4, 0.5) is 0 Å². The largest absolute Gasteiger partial charge is 0.514 e. The van der Waals surface area contributed by atoms with Gasteiger partial charge >= 0.3 is 0 Å². The number of carbonyl (C=O) groups excluding carboxylic acids is 1. The van der Waals surface area contributed by atoms with E-state index in [0.29, 0.717) is 10.8 Å². The third kappa shape index (κ3) is 3.61. The number of aliphatic hydroxyl groups is 1. The maximum Gasteiger partial charge on any atom is 0.142 e. The summed E-state index contributed by atoms with van der Waals surface area (Å²) in [5, 5.41) is 8.19. The van der Waals surface area contributed by atoms with E-state index in [4.69, 9.17) is 5.11 Å². The molecule has 0 unspecified atom stereocenters. The molecule has 3 heteroatoms. The van der Waals surface area contributed by atoms with Crippen molar-refractivity contribution in [1.82, 2.24) is 0 Å². The fraction of sp³-hybridized carbons (Fsp3) is 0. The smallest absolute Gasteiger partial charge is 0.142 e. The zero-order valence-electron chi connectivity index (χ0n) is 4.04. The van der Waals surface area contributed by atoms with E-state index in [2.05, 4.69) is 15.9 Å². The van der Waals surface area contributed by atoms with Gasteiger partial charge in [-0.25, -0.2) is 0 Å². The Balaban J connectivity index is 3.69. The number of rotatable bonds is 2. The van der Waals surface area contributed by atoms with Gasteiger partial charge < -0.3 is 5.11 Å². The van der Waals surface area contributed by atoms with Crippen LogP contribution in [0.3, 0.4) is 0 Å². The molecule has 0 spiro atoms. The lowest BCUT2D eigenvalue weighted by molar-refractivity contribution is -0.104. The lowest BCUT2D eigenvalue weighted by Gasteiger charge is -1.77. The Morgan fingerprint density at radius 2 is 2.25 bits per heavy atom. The summed E-state index contributed by atoms with van der Waals surface area (Å²) >= 11 is 2.94. The first-order chi connectivity index (χ1) is 3.81. The van der Waals surface area contributed by atoms with Crippen molar-refractivity contribution in [2.24, 2.45) is 0 Å². The van der Waals surface area contributed by atoms with Crippen LogP contribution in [-0.4, -0.2) is 11.4 Å². The van der Waals surface area contributed by atoms with E-state index in [9.17, 15) is 4.79 Å².